The molecule has 0 aliphatic heterocycles. The zero-order chi connectivity index (χ0) is 12.8. The molecule has 5 nitrogen and oxygen atoms in total. The Bertz CT molecular complexity index is 477. The largest absolute Gasteiger partial charge is 0.496 e. The van der Waals surface area contributed by atoms with Gasteiger partial charge in [-0.05, 0) is 18.2 Å². The molecule has 0 amide bonds. The Balaban J connectivity index is 3.39. The molecule has 1 aromatic rings. The molecule has 0 aromatic heterocycles. The molecule has 0 radical (unpaired) electrons. The van der Waals surface area contributed by atoms with Gasteiger partial charge in [0.1, 0.15) is 23.1 Å². The molecule has 0 fully saturated rings. The van der Waals surface area contributed by atoms with Gasteiger partial charge in [0.25, 0.3) is 0 Å². The molecule has 0 atom stereocenters. The second-order valence-electron chi connectivity index (χ2n) is 3.05. The Morgan fingerprint density at radius 2 is 1.88 bits per heavy atom. The van der Waals surface area contributed by atoms with Gasteiger partial charge < -0.3 is 14.6 Å². The SMILES string of the molecule is COc1cccc(OC)c1/C=C(\C#N)C(=O)O. The highest BCUT2D eigenvalue weighted by Gasteiger charge is 2.12. The summed E-state index contributed by atoms with van der Waals surface area (Å²) in [6.07, 6.45) is 1.22. The van der Waals surface area contributed by atoms with Gasteiger partial charge in [0, 0.05) is 0 Å². The maximum absolute atomic E-state index is 10.8. The number of hydrogen-bond donors (Lipinski definition) is 1. The van der Waals surface area contributed by atoms with Crippen molar-refractivity contribution in [3.8, 4) is 17.6 Å². The van der Waals surface area contributed by atoms with Crippen LogP contribution in [0.5, 0.6) is 11.5 Å². The second-order valence-corrected chi connectivity index (χ2v) is 3.05. The predicted molar refractivity (Wildman–Crippen MR) is 60.8 cm³/mol. The lowest BCUT2D eigenvalue weighted by molar-refractivity contribution is -0.132. The van der Waals surface area contributed by atoms with Crippen LogP contribution in [0, 0.1) is 11.3 Å². The van der Waals surface area contributed by atoms with E-state index in [1.807, 2.05) is 0 Å². The molecule has 0 saturated carbocycles. The lowest BCUT2D eigenvalue weighted by Crippen LogP contribution is -1.99. The van der Waals surface area contributed by atoms with Crippen LogP contribution in [0.3, 0.4) is 0 Å². The highest BCUT2D eigenvalue weighted by Crippen LogP contribution is 2.30. The summed E-state index contributed by atoms with van der Waals surface area (Å²) in [6.45, 7) is 0. The predicted octanol–water partition coefficient (Wildman–Crippen LogP) is 1.70. The number of ether oxygens (including phenoxy) is 2. The monoisotopic (exact) mass is 233 g/mol. The van der Waals surface area contributed by atoms with Gasteiger partial charge in [-0.15, -0.1) is 0 Å². The van der Waals surface area contributed by atoms with E-state index in [-0.39, 0.29) is 5.57 Å². The molecular formula is C12H11NO4. The Morgan fingerprint density at radius 3 is 2.24 bits per heavy atom. The number of nitriles is 1. The lowest BCUT2D eigenvalue weighted by Gasteiger charge is -2.09. The molecule has 0 saturated heterocycles. The molecule has 0 aliphatic rings. The maximum atomic E-state index is 10.8. The third-order valence-electron chi connectivity index (χ3n) is 2.11. The van der Waals surface area contributed by atoms with Crippen LogP contribution in [0.4, 0.5) is 0 Å². The van der Waals surface area contributed by atoms with E-state index in [1.165, 1.54) is 20.3 Å². The molecule has 1 aromatic carbocycles. The van der Waals surface area contributed by atoms with E-state index in [9.17, 15) is 4.79 Å². The van der Waals surface area contributed by atoms with Gasteiger partial charge in [-0.25, -0.2) is 4.79 Å². The Kier molecular flexibility index (Phi) is 4.12. The summed E-state index contributed by atoms with van der Waals surface area (Å²) in [5.74, 6) is -0.405. The van der Waals surface area contributed by atoms with Crippen molar-refractivity contribution >= 4 is 12.0 Å². The number of aliphatic carboxylic acids is 1. The topological polar surface area (TPSA) is 79.5 Å². The molecule has 88 valence electrons. The number of methoxy groups -OCH3 is 2. The van der Waals surface area contributed by atoms with Crippen LogP contribution >= 0.6 is 0 Å². The fourth-order valence-corrected chi connectivity index (χ4v) is 1.31. The van der Waals surface area contributed by atoms with E-state index in [0.717, 1.165) is 0 Å². The second kappa shape index (κ2) is 5.56. The van der Waals surface area contributed by atoms with E-state index >= 15 is 0 Å². The van der Waals surface area contributed by atoms with E-state index in [4.69, 9.17) is 19.8 Å². The Morgan fingerprint density at radius 1 is 1.35 bits per heavy atom. The zero-order valence-electron chi connectivity index (χ0n) is 9.43. The molecular weight excluding hydrogens is 222 g/mol. The minimum Gasteiger partial charge on any atom is -0.496 e. The van der Waals surface area contributed by atoms with Crippen LogP contribution < -0.4 is 9.47 Å². The Hall–Kier alpha value is -2.48. The Labute approximate surface area is 98.5 Å². The average molecular weight is 233 g/mol. The molecule has 0 bridgehead atoms. The highest BCUT2D eigenvalue weighted by molar-refractivity contribution is 5.97. The first-order chi connectivity index (χ1) is 8.13. The van der Waals surface area contributed by atoms with Crippen LogP contribution in [0.2, 0.25) is 0 Å². The maximum Gasteiger partial charge on any atom is 0.346 e. The van der Waals surface area contributed by atoms with Crippen LogP contribution in [-0.2, 0) is 4.79 Å². The van der Waals surface area contributed by atoms with E-state index in [0.29, 0.717) is 17.1 Å². The zero-order valence-corrected chi connectivity index (χ0v) is 9.43. The molecule has 0 heterocycles. The van der Waals surface area contributed by atoms with Crippen LogP contribution in [0.15, 0.2) is 23.8 Å². The van der Waals surface area contributed by atoms with Crippen LogP contribution in [-0.4, -0.2) is 25.3 Å². The van der Waals surface area contributed by atoms with Crippen molar-refractivity contribution in [3.05, 3.63) is 29.3 Å². The van der Waals surface area contributed by atoms with Crippen molar-refractivity contribution in [1.82, 2.24) is 0 Å². The van der Waals surface area contributed by atoms with Gasteiger partial charge in [0.2, 0.25) is 0 Å². The van der Waals surface area contributed by atoms with E-state index in [1.54, 1.807) is 24.3 Å². The van der Waals surface area contributed by atoms with Gasteiger partial charge in [-0.3, -0.25) is 0 Å². The van der Waals surface area contributed by atoms with Gasteiger partial charge in [0.05, 0.1) is 19.8 Å². The molecule has 1 N–H and O–H groups in total. The molecule has 17 heavy (non-hydrogen) atoms. The lowest BCUT2D eigenvalue weighted by atomic mass is 10.1. The van der Waals surface area contributed by atoms with Gasteiger partial charge >= 0.3 is 5.97 Å². The first-order valence-electron chi connectivity index (χ1n) is 4.70. The summed E-state index contributed by atoms with van der Waals surface area (Å²) in [5.41, 5.74) is 0.0456. The minimum absolute atomic E-state index is 0.382. The van der Waals surface area contributed by atoms with E-state index < -0.39 is 5.97 Å². The van der Waals surface area contributed by atoms with Gasteiger partial charge in [0.15, 0.2) is 0 Å². The fourth-order valence-electron chi connectivity index (χ4n) is 1.31. The third kappa shape index (κ3) is 2.75. The van der Waals surface area contributed by atoms with Crippen molar-refractivity contribution in [2.75, 3.05) is 14.2 Å². The number of nitrogens with zero attached hydrogens (tertiary/aromatic N) is 1. The van der Waals surface area contributed by atoms with Crippen molar-refractivity contribution in [3.63, 3.8) is 0 Å². The average Bonchev–Trinajstić information content (AvgIpc) is 2.35. The highest BCUT2D eigenvalue weighted by atomic mass is 16.5. The van der Waals surface area contributed by atoms with Gasteiger partial charge in [-0.1, -0.05) is 6.07 Å². The van der Waals surface area contributed by atoms with Crippen LogP contribution in [0.25, 0.3) is 6.08 Å². The standard InChI is InChI=1S/C12H11NO4/c1-16-10-4-3-5-11(17-2)9(10)6-8(7-13)12(14)15/h3-6H,1-2H3,(H,14,15)/b8-6+. The molecule has 5 heteroatoms. The summed E-state index contributed by atoms with van der Waals surface area (Å²) < 4.78 is 10.2. The molecule has 0 spiro atoms. The molecule has 0 unspecified atom stereocenters. The summed E-state index contributed by atoms with van der Waals surface area (Å²) in [5, 5.41) is 17.5. The van der Waals surface area contributed by atoms with E-state index in [2.05, 4.69) is 0 Å². The quantitative estimate of drug-likeness (QED) is 0.632. The number of hydrogen-bond acceptors (Lipinski definition) is 4. The van der Waals surface area contributed by atoms with Gasteiger partial charge in [-0.2, -0.15) is 5.26 Å². The minimum atomic E-state index is -1.29. The summed E-state index contributed by atoms with van der Waals surface area (Å²) in [7, 11) is 2.91. The number of benzene rings is 1. The molecule has 0 aliphatic carbocycles. The summed E-state index contributed by atoms with van der Waals surface area (Å²) in [4.78, 5) is 10.8. The number of carboxylic acids is 1. The number of carbonyl (C=O) groups is 1. The van der Waals surface area contributed by atoms with Crippen molar-refractivity contribution in [2.45, 2.75) is 0 Å². The first kappa shape index (κ1) is 12.6. The molecule has 1 rings (SSSR count). The normalized spacial score (nSPS) is 10.5. The fraction of sp³-hybridized carbons (Fsp3) is 0.167. The third-order valence-corrected chi connectivity index (χ3v) is 2.11. The summed E-state index contributed by atoms with van der Waals surface area (Å²) in [6, 6.07) is 6.63. The number of rotatable bonds is 4. The van der Waals surface area contributed by atoms with Crippen molar-refractivity contribution in [2.24, 2.45) is 0 Å². The van der Waals surface area contributed by atoms with Crippen LogP contribution in [0.1, 0.15) is 5.56 Å². The number of carboxylic acid groups (broad SMARTS) is 1. The van der Waals surface area contributed by atoms with Crippen molar-refractivity contribution < 1.29 is 19.4 Å². The first-order valence-corrected chi connectivity index (χ1v) is 4.70. The summed E-state index contributed by atoms with van der Waals surface area (Å²) >= 11 is 0. The van der Waals surface area contributed by atoms with Crippen molar-refractivity contribution in [1.29, 1.82) is 5.26 Å². The smallest absolute Gasteiger partial charge is 0.346 e.